The molecule has 13 heavy (non-hydrogen) atoms. The number of hydrogen-bond acceptors (Lipinski definition) is 3. The first kappa shape index (κ1) is 8.04. The molecule has 4 heteroatoms. The van der Waals surface area contributed by atoms with Crippen molar-refractivity contribution in [1.82, 2.24) is 14.6 Å². The van der Waals surface area contributed by atoms with Crippen molar-refractivity contribution in [1.29, 1.82) is 0 Å². The van der Waals surface area contributed by atoms with Crippen molar-refractivity contribution in [3.05, 3.63) is 24.2 Å². The Morgan fingerprint density at radius 3 is 2.85 bits per heavy atom. The molecule has 2 aromatic rings. The lowest BCUT2D eigenvalue weighted by Crippen LogP contribution is -2.08. The molecule has 0 amide bonds. The van der Waals surface area contributed by atoms with Gasteiger partial charge in [-0.2, -0.15) is 5.10 Å². The second-order valence-corrected chi connectivity index (χ2v) is 3.24. The SMILES string of the molecule is Cc1nc2cc(N(C)C)ccn2n1. The van der Waals surface area contributed by atoms with Crippen molar-refractivity contribution in [2.45, 2.75) is 6.92 Å². The maximum absolute atomic E-state index is 4.28. The molecular formula is C9H12N4. The Labute approximate surface area is 76.8 Å². The summed E-state index contributed by atoms with van der Waals surface area (Å²) >= 11 is 0. The van der Waals surface area contributed by atoms with Gasteiger partial charge in [0.1, 0.15) is 5.82 Å². The van der Waals surface area contributed by atoms with Crippen LogP contribution in [-0.2, 0) is 0 Å². The summed E-state index contributed by atoms with van der Waals surface area (Å²) in [6.07, 6.45) is 1.92. The van der Waals surface area contributed by atoms with Gasteiger partial charge in [0.05, 0.1) is 0 Å². The van der Waals surface area contributed by atoms with Crippen LogP contribution in [0.1, 0.15) is 5.82 Å². The zero-order valence-electron chi connectivity index (χ0n) is 8.02. The number of aromatic nitrogens is 3. The molecule has 0 radical (unpaired) electrons. The van der Waals surface area contributed by atoms with E-state index in [2.05, 4.69) is 10.1 Å². The van der Waals surface area contributed by atoms with E-state index < -0.39 is 0 Å². The standard InChI is InChI=1S/C9H12N4/c1-7-10-9-6-8(12(2)3)4-5-13(9)11-7/h4-6H,1-3H3. The van der Waals surface area contributed by atoms with Crippen molar-refractivity contribution in [2.75, 3.05) is 19.0 Å². The number of hydrogen-bond donors (Lipinski definition) is 0. The van der Waals surface area contributed by atoms with E-state index in [4.69, 9.17) is 0 Å². The summed E-state index contributed by atoms with van der Waals surface area (Å²) in [5.74, 6) is 0.802. The Bertz CT molecular complexity index is 430. The van der Waals surface area contributed by atoms with Crippen LogP contribution in [0.5, 0.6) is 0 Å². The molecule has 0 unspecified atom stereocenters. The number of anilines is 1. The number of aryl methyl sites for hydroxylation is 1. The highest BCUT2D eigenvalue weighted by Crippen LogP contribution is 2.12. The van der Waals surface area contributed by atoms with Crippen LogP contribution in [0.2, 0.25) is 0 Å². The Morgan fingerprint density at radius 2 is 2.15 bits per heavy atom. The molecule has 0 aliphatic rings. The molecule has 2 aromatic heterocycles. The fourth-order valence-electron chi connectivity index (χ4n) is 1.26. The molecule has 0 aromatic carbocycles. The fraction of sp³-hybridized carbons (Fsp3) is 0.333. The third kappa shape index (κ3) is 1.35. The van der Waals surface area contributed by atoms with Gasteiger partial charge in [0, 0.05) is 32.0 Å². The predicted molar refractivity (Wildman–Crippen MR) is 52.1 cm³/mol. The lowest BCUT2D eigenvalue weighted by molar-refractivity contribution is 0.928. The zero-order valence-corrected chi connectivity index (χ0v) is 8.02. The van der Waals surface area contributed by atoms with Crippen LogP contribution in [0.15, 0.2) is 18.3 Å². The molecule has 4 nitrogen and oxygen atoms in total. The van der Waals surface area contributed by atoms with Gasteiger partial charge in [-0.05, 0) is 13.0 Å². The Hall–Kier alpha value is -1.58. The summed E-state index contributed by atoms with van der Waals surface area (Å²) in [4.78, 5) is 6.33. The molecule has 0 aliphatic heterocycles. The molecule has 68 valence electrons. The van der Waals surface area contributed by atoms with Crippen LogP contribution in [0.4, 0.5) is 5.69 Å². The first-order chi connectivity index (χ1) is 6.16. The first-order valence-electron chi connectivity index (χ1n) is 4.17. The van der Waals surface area contributed by atoms with Crippen molar-refractivity contribution < 1.29 is 0 Å². The van der Waals surface area contributed by atoms with Crippen LogP contribution < -0.4 is 4.90 Å². The average molecular weight is 176 g/mol. The summed E-state index contributed by atoms with van der Waals surface area (Å²) in [5, 5.41) is 4.20. The van der Waals surface area contributed by atoms with E-state index in [0.717, 1.165) is 17.2 Å². The minimum atomic E-state index is 0.802. The maximum atomic E-state index is 4.28. The first-order valence-corrected chi connectivity index (χ1v) is 4.17. The molecule has 0 N–H and O–H groups in total. The largest absolute Gasteiger partial charge is 0.378 e. The normalized spacial score (nSPS) is 10.7. The molecule has 2 heterocycles. The van der Waals surface area contributed by atoms with Gasteiger partial charge < -0.3 is 4.90 Å². The van der Waals surface area contributed by atoms with E-state index in [9.17, 15) is 0 Å². The van der Waals surface area contributed by atoms with Crippen molar-refractivity contribution in [3.8, 4) is 0 Å². The summed E-state index contributed by atoms with van der Waals surface area (Å²) in [6, 6.07) is 4.03. The molecule has 0 saturated heterocycles. The number of fused-ring (bicyclic) bond motifs is 1. The van der Waals surface area contributed by atoms with E-state index in [1.165, 1.54) is 0 Å². The Morgan fingerprint density at radius 1 is 1.38 bits per heavy atom. The van der Waals surface area contributed by atoms with Gasteiger partial charge >= 0.3 is 0 Å². The highest BCUT2D eigenvalue weighted by Gasteiger charge is 2.00. The van der Waals surface area contributed by atoms with E-state index >= 15 is 0 Å². The number of pyridine rings is 1. The monoisotopic (exact) mass is 176 g/mol. The summed E-state index contributed by atoms with van der Waals surface area (Å²) in [5.41, 5.74) is 2.03. The lowest BCUT2D eigenvalue weighted by Gasteiger charge is -2.11. The third-order valence-corrected chi connectivity index (χ3v) is 1.94. The molecule has 0 aliphatic carbocycles. The molecule has 0 spiro atoms. The predicted octanol–water partition coefficient (Wildman–Crippen LogP) is 1.10. The second kappa shape index (κ2) is 2.73. The topological polar surface area (TPSA) is 33.4 Å². The van der Waals surface area contributed by atoms with Gasteiger partial charge in [-0.25, -0.2) is 9.50 Å². The van der Waals surface area contributed by atoms with Gasteiger partial charge in [-0.1, -0.05) is 0 Å². The van der Waals surface area contributed by atoms with Gasteiger partial charge in [0.15, 0.2) is 5.65 Å². The second-order valence-electron chi connectivity index (χ2n) is 3.24. The number of rotatable bonds is 1. The zero-order chi connectivity index (χ0) is 9.42. The summed E-state index contributed by atoms with van der Waals surface area (Å²) in [6.45, 7) is 1.89. The van der Waals surface area contributed by atoms with Crippen molar-refractivity contribution in [3.63, 3.8) is 0 Å². The summed E-state index contributed by atoms with van der Waals surface area (Å²) < 4.78 is 1.78. The van der Waals surface area contributed by atoms with Crippen molar-refractivity contribution in [2.24, 2.45) is 0 Å². The minimum absolute atomic E-state index is 0.802. The minimum Gasteiger partial charge on any atom is -0.378 e. The van der Waals surface area contributed by atoms with E-state index in [1.807, 2.05) is 44.2 Å². The molecule has 0 bridgehead atoms. The molecule has 0 fully saturated rings. The van der Waals surface area contributed by atoms with E-state index in [0.29, 0.717) is 0 Å². The van der Waals surface area contributed by atoms with Gasteiger partial charge in [0.2, 0.25) is 0 Å². The summed E-state index contributed by atoms with van der Waals surface area (Å²) in [7, 11) is 4.02. The molecule has 0 saturated carbocycles. The van der Waals surface area contributed by atoms with Crippen LogP contribution in [0, 0.1) is 6.92 Å². The highest BCUT2D eigenvalue weighted by molar-refractivity contribution is 5.54. The van der Waals surface area contributed by atoms with Crippen LogP contribution in [0.3, 0.4) is 0 Å². The quantitative estimate of drug-likeness (QED) is 0.652. The van der Waals surface area contributed by atoms with Gasteiger partial charge in [-0.3, -0.25) is 0 Å². The molecular weight excluding hydrogens is 164 g/mol. The fourth-order valence-corrected chi connectivity index (χ4v) is 1.26. The Balaban J connectivity index is 2.61. The Kier molecular flexibility index (Phi) is 1.69. The highest BCUT2D eigenvalue weighted by atomic mass is 15.3. The van der Waals surface area contributed by atoms with Gasteiger partial charge in [-0.15, -0.1) is 0 Å². The van der Waals surface area contributed by atoms with E-state index in [1.54, 1.807) is 4.52 Å². The third-order valence-electron chi connectivity index (χ3n) is 1.94. The molecule has 2 rings (SSSR count). The van der Waals surface area contributed by atoms with E-state index in [-0.39, 0.29) is 0 Å². The van der Waals surface area contributed by atoms with Crippen molar-refractivity contribution >= 4 is 11.3 Å². The van der Waals surface area contributed by atoms with Gasteiger partial charge in [0.25, 0.3) is 0 Å². The van der Waals surface area contributed by atoms with Crippen LogP contribution >= 0.6 is 0 Å². The smallest absolute Gasteiger partial charge is 0.157 e. The van der Waals surface area contributed by atoms with Crippen LogP contribution in [-0.4, -0.2) is 28.7 Å². The number of nitrogens with zero attached hydrogens (tertiary/aromatic N) is 4. The molecule has 0 atom stereocenters. The lowest BCUT2D eigenvalue weighted by atomic mass is 10.4. The van der Waals surface area contributed by atoms with Crippen LogP contribution in [0.25, 0.3) is 5.65 Å². The average Bonchev–Trinajstić information content (AvgIpc) is 2.42. The maximum Gasteiger partial charge on any atom is 0.157 e.